The summed E-state index contributed by atoms with van der Waals surface area (Å²) in [7, 11) is -2.73. The molecule has 1 heterocycles. The molecule has 6 heteroatoms. The molecule has 0 aliphatic carbocycles. The van der Waals surface area contributed by atoms with Gasteiger partial charge in [0.2, 0.25) is 0 Å². The smallest absolute Gasteiger partial charge is 0.338 e. The molecule has 0 aromatic heterocycles. The van der Waals surface area contributed by atoms with Gasteiger partial charge in [0.05, 0.1) is 11.7 Å². The van der Waals surface area contributed by atoms with Crippen LogP contribution in [0.4, 0.5) is 0 Å². The summed E-state index contributed by atoms with van der Waals surface area (Å²) in [4.78, 5) is 13.3. The Kier molecular flexibility index (Phi) is 11.1. The van der Waals surface area contributed by atoms with E-state index in [9.17, 15) is 4.79 Å². The summed E-state index contributed by atoms with van der Waals surface area (Å²) in [5, 5.41) is 2.37. The molecule has 0 amide bonds. The van der Waals surface area contributed by atoms with Crippen molar-refractivity contribution in [1.29, 1.82) is 0 Å². The average Bonchev–Trinajstić information content (AvgIpc) is 3.32. The predicted molar refractivity (Wildman–Crippen MR) is 181 cm³/mol. The maximum absolute atomic E-state index is 13.3. The Labute approximate surface area is 265 Å². The van der Waals surface area contributed by atoms with Crippen LogP contribution in [-0.2, 0) is 18.6 Å². The number of ether oxygens (including phenoxy) is 3. The Morgan fingerprint density at radius 1 is 0.864 bits per heavy atom. The van der Waals surface area contributed by atoms with E-state index in [1.165, 1.54) is 10.4 Å². The van der Waals surface area contributed by atoms with Gasteiger partial charge in [-0.1, -0.05) is 126 Å². The second-order valence-corrected chi connectivity index (χ2v) is 17.6. The van der Waals surface area contributed by atoms with Crippen LogP contribution in [0, 0.1) is 5.92 Å². The highest BCUT2D eigenvalue weighted by molar-refractivity contribution is 6.99. The Balaban J connectivity index is 1.65. The molecule has 1 saturated heterocycles. The van der Waals surface area contributed by atoms with E-state index in [1.807, 2.05) is 38.1 Å². The third kappa shape index (κ3) is 7.78. The molecule has 236 valence electrons. The fraction of sp³-hybridized carbons (Fsp3) is 0.447. The Morgan fingerprint density at radius 3 is 1.89 bits per heavy atom. The molecule has 5 unspecified atom stereocenters. The van der Waals surface area contributed by atoms with Crippen LogP contribution >= 0.6 is 0 Å². The third-order valence-electron chi connectivity index (χ3n) is 8.50. The van der Waals surface area contributed by atoms with E-state index in [4.69, 9.17) is 18.6 Å². The monoisotopic (exact) mass is 614 g/mol. The van der Waals surface area contributed by atoms with Gasteiger partial charge in [0.15, 0.2) is 5.79 Å². The van der Waals surface area contributed by atoms with Crippen LogP contribution in [0.3, 0.4) is 0 Å². The summed E-state index contributed by atoms with van der Waals surface area (Å²) in [5.74, 6) is -1.12. The van der Waals surface area contributed by atoms with Gasteiger partial charge in [-0.25, -0.2) is 4.79 Å². The predicted octanol–water partition coefficient (Wildman–Crippen LogP) is 7.69. The first-order valence-electron chi connectivity index (χ1n) is 16.0. The minimum Gasteiger partial charge on any atom is -0.452 e. The zero-order valence-corrected chi connectivity index (χ0v) is 28.7. The molecule has 1 aliphatic rings. The first kappa shape index (κ1) is 33.9. The molecule has 4 rings (SSSR count). The fourth-order valence-electron chi connectivity index (χ4n) is 6.15. The number of hydrogen-bond acceptors (Lipinski definition) is 5. The fourth-order valence-corrected chi connectivity index (χ4v) is 10.9. The highest BCUT2D eigenvalue weighted by atomic mass is 28.4. The van der Waals surface area contributed by atoms with Gasteiger partial charge in [-0.2, -0.15) is 0 Å². The molecule has 3 aromatic rings. The molecular formula is C38H50O5Si. The second-order valence-electron chi connectivity index (χ2n) is 13.4. The first-order valence-corrected chi connectivity index (χ1v) is 17.9. The van der Waals surface area contributed by atoms with Crippen molar-refractivity contribution in [3.63, 3.8) is 0 Å². The molecular weight excluding hydrogens is 564 g/mol. The molecule has 3 aromatic carbocycles. The molecule has 0 N–H and O–H groups in total. The van der Waals surface area contributed by atoms with Crippen molar-refractivity contribution in [3.05, 3.63) is 109 Å². The molecule has 0 bridgehead atoms. The number of carbonyl (C=O) groups is 1. The molecule has 0 saturated carbocycles. The lowest BCUT2D eigenvalue weighted by molar-refractivity contribution is -0.153. The molecule has 0 radical (unpaired) electrons. The van der Waals surface area contributed by atoms with Crippen LogP contribution in [0.15, 0.2) is 103 Å². The van der Waals surface area contributed by atoms with Gasteiger partial charge in [0.1, 0.15) is 12.2 Å². The molecule has 1 fully saturated rings. The SMILES string of the molecule is CCCC1OC(C)(C)OC1C(/C=C\C(C)C(C)O[Si](c1ccccc1)(c1ccccc1)C(C)(C)C)OC(=O)c1ccccc1. The van der Waals surface area contributed by atoms with E-state index in [0.29, 0.717) is 5.56 Å². The van der Waals surface area contributed by atoms with Crippen molar-refractivity contribution in [1.82, 2.24) is 0 Å². The summed E-state index contributed by atoms with van der Waals surface area (Å²) in [6, 6.07) is 30.5. The van der Waals surface area contributed by atoms with Crippen molar-refractivity contribution in [2.45, 2.75) is 103 Å². The van der Waals surface area contributed by atoms with Crippen LogP contribution < -0.4 is 10.4 Å². The maximum Gasteiger partial charge on any atom is 0.338 e. The average molecular weight is 615 g/mol. The lowest BCUT2D eigenvalue weighted by Gasteiger charge is -2.45. The van der Waals surface area contributed by atoms with E-state index < -0.39 is 26.3 Å². The van der Waals surface area contributed by atoms with Crippen molar-refractivity contribution in [3.8, 4) is 0 Å². The number of carbonyl (C=O) groups excluding carboxylic acids is 1. The van der Waals surface area contributed by atoms with Crippen LogP contribution in [0.5, 0.6) is 0 Å². The lowest BCUT2D eigenvalue weighted by atomic mass is 10.00. The lowest BCUT2D eigenvalue weighted by Crippen LogP contribution is -2.67. The van der Waals surface area contributed by atoms with Gasteiger partial charge >= 0.3 is 5.97 Å². The summed E-state index contributed by atoms with van der Waals surface area (Å²) in [6.07, 6.45) is 4.49. The zero-order valence-electron chi connectivity index (χ0n) is 27.7. The van der Waals surface area contributed by atoms with Gasteiger partial charge in [0, 0.05) is 6.10 Å². The van der Waals surface area contributed by atoms with Gasteiger partial charge in [-0.05, 0) is 66.7 Å². The Hall–Kier alpha value is -3.03. The van der Waals surface area contributed by atoms with Crippen LogP contribution in [0.2, 0.25) is 5.04 Å². The standard InChI is InChI=1S/C38H50O5Si/c1-9-19-34-35(42-38(7,8)41-34)33(40-36(39)30-20-13-10-14-21-30)27-26-28(2)29(3)43-44(37(4,5)6,31-22-15-11-16-23-31)32-24-17-12-18-25-32/h10-18,20-29,33-35H,9,19H2,1-8H3/b27-26-. The molecule has 1 aliphatic heterocycles. The normalized spacial score (nSPS) is 20.7. The summed E-state index contributed by atoms with van der Waals surface area (Å²) in [5.41, 5.74) is 0.507. The van der Waals surface area contributed by atoms with Crippen LogP contribution in [0.1, 0.15) is 78.6 Å². The first-order chi connectivity index (χ1) is 20.9. The highest BCUT2D eigenvalue weighted by Gasteiger charge is 2.51. The third-order valence-corrected chi connectivity index (χ3v) is 13.6. The van der Waals surface area contributed by atoms with Crippen molar-refractivity contribution < 1.29 is 23.4 Å². The van der Waals surface area contributed by atoms with Gasteiger partial charge in [-0.3, -0.25) is 0 Å². The Bertz CT molecular complexity index is 1310. The van der Waals surface area contributed by atoms with E-state index >= 15 is 0 Å². The van der Waals surface area contributed by atoms with Crippen molar-refractivity contribution >= 4 is 24.7 Å². The van der Waals surface area contributed by atoms with Gasteiger partial charge < -0.3 is 18.6 Å². The Morgan fingerprint density at radius 2 is 1.39 bits per heavy atom. The number of esters is 1. The molecule has 5 atom stereocenters. The van der Waals surface area contributed by atoms with Crippen LogP contribution in [0.25, 0.3) is 0 Å². The summed E-state index contributed by atoms with van der Waals surface area (Å²) >= 11 is 0. The highest BCUT2D eigenvalue weighted by Crippen LogP contribution is 2.39. The molecule has 44 heavy (non-hydrogen) atoms. The minimum atomic E-state index is -2.73. The summed E-state index contributed by atoms with van der Waals surface area (Å²) in [6.45, 7) is 17.1. The van der Waals surface area contributed by atoms with E-state index in [0.717, 1.165) is 12.8 Å². The second kappa shape index (κ2) is 14.4. The van der Waals surface area contributed by atoms with E-state index in [2.05, 4.69) is 108 Å². The van der Waals surface area contributed by atoms with Crippen LogP contribution in [-0.4, -0.2) is 44.5 Å². The molecule has 0 spiro atoms. The van der Waals surface area contributed by atoms with Crippen molar-refractivity contribution in [2.24, 2.45) is 5.92 Å². The quantitative estimate of drug-likeness (QED) is 0.119. The molecule has 5 nitrogen and oxygen atoms in total. The summed E-state index contributed by atoms with van der Waals surface area (Å²) < 4.78 is 26.1. The topological polar surface area (TPSA) is 54.0 Å². The van der Waals surface area contributed by atoms with Gasteiger partial charge in [-0.15, -0.1) is 0 Å². The zero-order chi connectivity index (χ0) is 32.0. The van der Waals surface area contributed by atoms with E-state index in [-0.39, 0.29) is 29.1 Å². The minimum absolute atomic E-state index is 0.0227. The maximum atomic E-state index is 13.3. The van der Waals surface area contributed by atoms with Crippen molar-refractivity contribution in [2.75, 3.05) is 0 Å². The number of rotatable bonds is 12. The largest absolute Gasteiger partial charge is 0.452 e. The number of benzene rings is 3. The van der Waals surface area contributed by atoms with E-state index in [1.54, 1.807) is 12.1 Å². The number of hydrogen-bond donors (Lipinski definition) is 0. The van der Waals surface area contributed by atoms with Gasteiger partial charge in [0.25, 0.3) is 8.32 Å².